The summed E-state index contributed by atoms with van der Waals surface area (Å²) in [4.78, 5) is 11.1. The molecule has 0 radical (unpaired) electrons. The standard InChI is InChI=1S/C11H11NO3/c13-11-4-7-3-8(1-2-10(7)12-11)14-5-9-6-15-9/h1-3,9H,4-6H2,(H,12,13). The molecule has 1 N–H and O–H groups in total. The molecule has 1 atom stereocenters. The molecule has 4 nitrogen and oxygen atoms in total. The summed E-state index contributed by atoms with van der Waals surface area (Å²) in [6.45, 7) is 1.39. The third-order valence-corrected chi connectivity index (χ3v) is 2.54. The lowest BCUT2D eigenvalue weighted by atomic mass is 10.1. The van der Waals surface area contributed by atoms with Gasteiger partial charge in [0.25, 0.3) is 0 Å². The van der Waals surface area contributed by atoms with Crippen molar-refractivity contribution in [2.45, 2.75) is 12.5 Å². The largest absolute Gasteiger partial charge is 0.491 e. The van der Waals surface area contributed by atoms with Gasteiger partial charge in [0, 0.05) is 5.69 Å². The molecule has 2 heterocycles. The molecular formula is C11H11NO3. The quantitative estimate of drug-likeness (QED) is 0.748. The Morgan fingerprint density at radius 2 is 2.40 bits per heavy atom. The number of amides is 1. The predicted molar refractivity (Wildman–Crippen MR) is 54.0 cm³/mol. The minimum Gasteiger partial charge on any atom is -0.491 e. The van der Waals surface area contributed by atoms with Crippen LogP contribution in [0.3, 0.4) is 0 Å². The van der Waals surface area contributed by atoms with E-state index in [1.807, 2.05) is 18.2 Å². The highest BCUT2D eigenvalue weighted by atomic mass is 16.6. The van der Waals surface area contributed by atoms with Gasteiger partial charge in [-0.3, -0.25) is 4.79 Å². The van der Waals surface area contributed by atoms with Crippen molar-refractivity contribution in [3.63, 3.8) is 0 Å². The van der Waals surface area contributed by atoms with E-state index in [0.29, 0.717) is 13.0 Å². The molecule has 1 aromatic carbocycles. The zero-order valence-corrected chi connectivity index (χ0v) is 8.16. The Balaban J connectivity index is 1.74. The van der Waals surface area contributed by atoms with Crippen molar-refractivity contribution in [2.24, 2.45) is 0 Å². The number of fused-ring (bicyclic) bond motifs is 1. The summed E-state index contributed by atoms with van der Waals surface area (Å²) in [5.74, 6) is 0.855. The maximum absolute atomic E-state index is 11.1. The molecule has 1 saturated heterocycles. The smallest absolute Gasteiger partial charge is 0.228 e. The third-order valence-electron chi connectivity index (χ3n) is 2.54. The summed E-state index contributed by atoms with van der Waals surface area (Å²) in [5.41, 5.74) is 1.91. The van der Waals surface area contributed by atoms with Gasteiger partial charge >= 0.3 is 0 Å². The monoisotopic (exact) mass is 205 g/mol. The van der Waals surface area contributed by atoms with E-state index in [9.17, 15) is 4.79 Å². The maximum atomic E-state index is 11.1. The summed E-state index contributed by atoms with van der Waals surface area (Å²) in [5, 5.41) is 2.78. The van der Waals surface area contributed by atoms with Gasteiger partial charge in [-0.1, -0.05) is 0 Å². The first-order valence-electron chi connectivity index (χ1n) is 4.98. The molecule has 0 aromatic heterocycles. The topological polar surface area (TPSA) is 50.9 Å². The van der Waals surface area contributed by atoms with Crippen molar-refractivity contribution in [3.05, 3.63) is 23.8 Å². The SMILES string of the molecule is O=C1Cc2cc(OCC3CO3)ccc2N1. The molecule has 0 bridgehead atoms. The molecule has 2 aliphatic heterocycles. The first-order valence-corrected chi connectivity index (χ1v) is 4.98. The van der Waals surface area contributed by atoms with Gasteiger partial charge in [-0.25, -0.2) is 0 Å². The van der Waals surface area contributed by atoms with Crippen LogP contribution in [0.2, 0.25) is 0 Å². The maximum Gasteiger partial charge on any atom is 0.228 e. The molecule has 0 saturated carbocycles. The summed E-state index contributed by atoms with van der Waals surface area (Å²) in [7, 11) is 0. The fourth-order valence-corrected chi connectivity index (χ4v) is 1.65. The Morgan fingerprint density at radius 3 is 3.20 bits per heavy atom. The number of anilines is 1. The van der Waals surface area contributed by atoms with E-state index in [4.69, 9.17) is 9.47 Å². The molecular weight excluding hydrogens is 194 g/mol. The van der Waals surface area contributed by atoms with E-state index in [1.165, 1.54) is 0 Å². The molecule has 1 amide bonds. The van der Waals surface area contributed by atoms with Gasteiger partial charge < -0.3 is 14.8 Å². The molecule has 0 aliphatic carbocycles. The highest BCUT2D eigenvalue weighted by Gasteiger charge is 2.23. The lowest BCUT2D eigenvalue weighted by Crippen LogP contribution is -2.03. The number of carbonyl (C=O) groups is 1. The highest BCUT2D eigenvalue weighted by Crippen LogP contribution is 2.27. The number of hydrogen-bond donors (Lipinski definition) is 1. The summed E-state index contributed by atoms with van der Waals surface area (Å²) in [6, 6.07) is 5.66. The second kappa shape index (κ2) is 3.24. The molecule has 3 rings (SSSR count). The van der Waals surface area contributed by atoms with Crippen molar-refractivity contribution in [2.75, 3.05) is 18.5 Å². The third kappa shape index (κ3) is 1.80. The van der Waals surface area contributed by atoms with Gasteiger partial charge in [0.1, 0.15) is 18.5 Å². The molecule has 2 aliphatic rings. The fraction of sp³-hybridized carbons (Fsp3) is 0.364. The fourth-order valence-electron chi connectivity index (χ4n) is 1.65. The van der Waals surface area contributed by atoms with Crippen LogP contribution in [0.5, 0.6) is 5.75 Å². The molecule has 78 valence electrons. The van der Waals surface area contributed by atoms with Crippen molar-refractivity contribution in [3.8, 4) is 5.75 Å². The van der Waals surface area contributed by atoms with Crippen LogP contribution in [-0.2, 0) is 16.0 Å². The Hall–Kier alpha value is -1.55. The van der Waals surface area contributed by atoms with E-state index in [-0.39, 0.29) is 12.0 Å². The van der Waals surface area contributed by atoms with Crippen LogP contribution in [0.4, 0.5) is 5.69 Å². The molecule has 1 aromatic rings. The first-order chi connectivity index (χ1) is 7.31. The second-order valence-electron chi connectivity index (χ2n) is 3.81. The van der Waals surface area contributed by atoms with Crippen molar-refractivity contribution in [1.82, 2.24) is 0 Å². The van der Waals surface area contributed by atoms with Crippen LogP contribution in [0, 0.1) is 0 Å². The lowest BCUT2D eigenvalue weighted by Gasteiger charge is -2.05. The van der Waals surface area contributed by atoms with Crippen molar-refractivity contribution < 1.29 is 14.3 Å². The zero-order valence-electron chi connectivity index (χ0n) is 8.16. The molecule has 0 spiro atoms. The van der Waals surface area contributed by atoms with Crippen molar-refractivity contribution in [1.29, 1.82) is 0 Å². The summed E-state index contributed by atoms with van der Waals surface area (Å²) in [6.07, 6.45) is 0.713. The van der Waals surface area contributed by atoms with Crippen LogP contribution in [0.15, 0.2) is 18.2 Å². The molecule has 1 unspecified atom stereocenters. The van der Waals surface area contributed by atoms with E-state index in [0.717, 1.165) is 23.6 Å². The molecule has 15 heavy (non-hydrogen) atoms. The zero-order chi connectivity index (χ0) is 10.3. The number of nitrogens with one attached hydrogen (secondary N) is 1. The van der Waals surface area contributed by atoms with E-state index >= 15 is 0 Å². The number of carbonyl (C=O) groups excluding carboxylic acids is 1. The van der Waals surface area contributed by atoms with Crippen LogP contribution in [-0.4, -0.2) is 25.2 Å². The lowest BCUT2D eigenvalue weighted by molar-refractivity contribution is -0.115. The Kier molecular flexibility index (Phi) is 1.89. The van der Waals surface area contributed by atoms with Crippen LogP contribution < -0.4 is 10.1 Å². The van der Waals surface area contributed by atoms with Crippen LogP contribution in [0.25, 0.3) is 0 Å². The van der Waals surface area contributed by atoms with Crippen LogP contribution >= 0.6 is 0 Å². The van der Waals surface area contributed by atoms with Gasteiger partial charge in [0.05, 0.1) is 13.0 Å². The normalized spacial score (nSPS) is 22.1. The minimum atomic E-state index is 0.0488. The van der Waals surface area contributed by atoms with E-state index in [1.54, 1.807) is 0 Å². The second-order valence-corrected chi connectivity index (χ2v) is 3.81. The number of ether oxygens (including phenoxy) is 2. The van der Waals surface area contributed by atoms with Gasteiger partial charge in [0.15, 0.2) is 0 Å². The van der Waals surface area contributed by atoms with Crippen molar-refractivity contribution >= 4 is 11.6 Å². The minimum absolute atomic E-state index is 0.0488. The van der Waals surface area contributed by atoms with Gasteiger partial charge in [-0.2, -0.15) is 0 Å². The summed E-state index contributed by atoms with van der Waals surface area (Å²) >= 11 is 0. The number of rotatable bonds is 3. The Morgan fingerprint density at radius 1 is 1.53 bits per heavy atom. The predicted octanol–water partition coefficient (Wildman–Crippen LogP) is 0.959. The van der Waals surface area contributed by atoms with Gasteiger partial charge in [-0.05, 0) is 23.8 Å². The number of hydrogen-bond acceptors (Lipinski definition) is 3. The summed E-state index contributed by atoms with van der Waals surface area (Å²) < 4.78 is 10.6. The number of epoxide rings is 1. The highest BCUT2D eigenvalue weighted by molar-refractivity contribution is 5.99. The first kappa shape index (κ1) is 8.73. The average molecular weight is 205 g/mol. The van der Waals surface area contributed by atoms with E-state index < -0.39 is 0 Å². The average Bonchev–Trinajstić information content (AvgIpc) is 2.96. The molecule has 1 fully saturated rings. The Bertz CT molecular complexity index is 412. The van der Waals surface area contributed by atoms with E-state index in [2.05, 4.69) is 5.32 Å². The van der Waals surface area contributed by atoms with Crippen LogP contribution in [0.1, 0.15) is 5.56 Å². The Labute approximate surface area is 87.2 Å². The molecule has 4 heteroatoms. The number of benzene rings is 1. The van der Waals surface area contributed by atoms with Gasteiger partial charge in [-0.15, -0.1) is 0 Å². The van der Waals surface area contributed by atoms with Gasteiger partial charge in [0.2, 0.25) is 5.91 Å².